The maximum absolute atomic E-state index is 12.6. The van der Waals surface area contributed by atoms with Crippen LogP contribution in [0.2, 0.25) is 0 Å². The van der Waals surface area contributed by atoms with Gasteiger partial charge in [-0.1, -0.05) is 18.2 Å². The largest absolute Gasteiger partial charge is 0.469 e. The van der Waals surface area contributed by atoms with Crippen LogP contribution in [0, 0.1) is 5.41 Å². The average Bonchev–Trinajstić information content (AvgIpc) is 2.59. The Bertz CT molecular complexity index is 561. The number of methoxy groups -OCH3 is 1. The summed E-state index contributed by atoms with van der Waals surface area (Å²) in [6.45, 7) is 7.73. The summed E-state index contributed by atoms with van der Waals surface area (Å²) in [5.74, 6) is -0.289. The van der Waals surface area contributed by atoms with E-state index in [9.17, 15) is 9.59 Å². The first-order chi connectivity index (χ1) is 9.21. The Morgan fingerprint density at radius 1 is 1.30 bits per heavy atom. The Morgan fingerprint density at radius 3 is 2.50 bits per heavy atom. The summed E-state index contributed by atoms with van der Waals surface area (Å²) >= 11 is 0. The Labute approximate surface area is 119 Å². The first kappa shape index (κ1) is 14.6. The predicted octanol–water partition coefficient (Wildman–Crippen LogP) is 2.51. The molecule has 0 N–H and O–H groups in total. The fourth-order valence-corrected chi connectivity index (χ4v) is 2.69. The summed E-state index contributed by atoms with van der Waals surface area (Å²) in [5, 5.41) is 0. The zero-order valence-corrected chi connectivity index (χ0v) is 12.7. The highest BCUT2D eigenvalue weighted by Gasteiger charge is 2.46. The van der Waals surface area contributed by atoms with Crippen molar-refractivity contribution in [3.63, 3.8) is 0 Å². The molecule has 0 radical (unpaired) electrons. The second kappa shape index (κ2) is 4.62. The summed E-state index contributed by atoms with van der Waals surface area (Å²) < 4.78 is 4.82. The normalized spacial score (nSPS) is 17.1. The average molecular weight is 275 g/mol. The van der Waals surface area contributed by atoms with Gasteiger partial charge in [-0.3, -0.25) is 9.59 Å². The molecule has 0 fully saturated rings. The lowest BCUT2D eigenvalue weighted by Gasteiger charge is -2.29. The third-order valence-electron chi connectivity index (χ3n) is 3.94. The van der Waals surface area contributed by atoms with Crippen LogP contribution in [-0.2, 0) is 19.7 Å². The summed E-state index contributed by atoms with van der Waals surface area (Å²) in [6.07, 6.45) is 0. The van der Waals surface area contributed by atoms with Crippen molar-refractivity contribution in [3.05, 3.63) is 29.8 Å². The van der Waals surface area contributed by atoms with E-state index >= 15 is 0 Å². The number of carbonyl (C=O) groups is 2. The SMILES string of the molecule is COC(=O)C(C)(C)CN1C(=O)C(C)(C)c2ccccc21. The van der Waals surface area contributed by atoms with Crippen molar-refractivity contribution in [1.29, 1.82) is 0 Å². The van der Waals surface area contributed by atoms with E-state index in [-0.39, 0.29) is 11.9 Å². The van der Waals surface area contributed by atoms with Crippen molar-refractivity contribution in [2.75, 3.05) is 18.6 Å². The van der Waals surface area contributed by atoms with Crippen molar-refractivity contribution >= 4 is 17.6 Å². The molecular formula is C16H21NO3. The fourth-order valence-electron chi connectivity index (χ4n) is 2.69. The minimum Gasteiger partial charge on any atom is -0.469 e. The minimum absolute atomic E-state index is 0.0238. The lowest BCUT2D eigenvalue weighted by molar-refractivity contribution is -0.150. The highest BCUT2D eigenvalue weighted by atomic mass is 16.5. The molecule has 0 saturated carbocycles. The summed E-state index contributed by atoms with van der Waals surface area (Å²) in [5.41, 5.74) is 0.603. The van der Waals surface area contributed by atoms with Crippen LogP contribution in [0.25, 0.3) is 0 Å². The Hall–Kier alpha value is -1.84. The van der Waals surface area contributed by atoms with Crippen molar-refractivity contribution in [2.24, 2.45) is 5.41 Å². The first-order valence-electron chi connectivity index (χ1n) is 6.71. The molecule has 4 nitrogen and oxygen atoms in total. The molecule has 0 aromatic heterocycles. The van der Waals surface area contributed by atoms with Crippen molar-refractivity contribution in [3.8, 4) is 0 Å². The van der Waals surface area contributed by atoms with Gasteiger partial charge in [0, 0.05) is 12.2 Å². The van der Waals surface area contributed by atoms with Crippen LogP contribution in [-0.4, -0.2) is 25.5 Å². The number of fused-ring (bicyclic) bond motifs is 1. The third kappa shape index (κ3) is 2.09. The quantitative estimate of drug-likeness (QED) is 0.796. The topological polar surface area (TPSA) is 46.6 Å². The van der Waals surface area contributed by atoms with E-state index in [0.717, 1.165) is 11.3 Å². The number of carbonyl (C=O) groups excluding carboxylic acids is 2. The molecule has 0 atom stereocenters. The molecule has 1 heterocycles. The Morgan fingerprint density at radius 2 is 1.90 bits per heavy atom. The van der Waals surface area contributed by atoms with Crippen LogP contribution >= 0.6 is 0 Å². The van der Waals surface area contributed by atoms with Crippen LogP contribution in [0.4, 0.5) is 5.69 Å². The molecule has 1 amide bonds. The monoisotopic (exact) mass is 275 g/mol. The van der Waals surface area contributed by atoms with Crippen LogP contribution < -0.4 is 4.90 Å². The lowest BCUT2D eigenvalue weighted by Crippen LogP contribution is -2.44. The molecule has 0 bridgehead atoms. The second-order valence-electron chi connectivity index (χ2n) is 6.41. The zero-order chi connectivity index (χ0) is 15.1. The first-order valence-corrected chi connectivity index (χ1v) is 6.71. The van der Waals surface area contributed by atoms with E-state index in [0.29, 0.717) is 6.54 Å². The van der Waals surface area contributed by atoms with Gasteiger partial charge in [-0.2, -0.15) is 0 Å². The van der Waals surface area contributed by atoms with Crippen molar-refractivity contribution in [2.45, 2.75) is 33.1 Å². The number of hydrogen-bond acceptors (Lipinski definition) is 3. The van der Waals surface area contributed by atoms with E-state index in [2.05, 4.69) is 0 Å². The highest BCUT2D eigenvalue weighted by Crippen LogP contribution is 2.42. The molecule has 1 aliphatic rings. The molecule has 1 aromatic carbocycles. The van der Waals surface area contributed by atoms with Gasteiger partial charge < -0.3 is 9.64 Å². The highest BCUT2D eigenvalue weighted by molar-refractivity contribution is 6.08. The number of esters is 1. The number of rotatable bonds is 3. The number of amides is 1. The van der Waals surface area contributed by atoms with E-state index in [1.165, 1.54) is 7.11 Å². The van der Waals surface area contributed by atoms with Crippen LogP contribution in [0.1, 0.15) is 33.3 Å². The molecular weight excluding hydrogens is 254 g/mol. The van der Waals surface area contributed by atoms with Gasteiger partial charge in [0.05, 0.1) is 17.9 Å². The smallest absolute Gasteiger partial charge is 0.313 e. The minimum atomic E-state index is -0.738. The van der Waals surface area contributed by atoms with Gasteiger partial charge in [-0.15, -0.1) is 0 Å². The van der Waals surface area contributed by atoms with Crippen molar-refractivity contribution in [1.82, 2.24) is 0 Å². The fraction of sp³-hybridized carbons (Fsp3) is 0.500. The number of nitrogens with zero attached hydrogens (tertiary/aromatic N) is 1. The number of hydrogen-bond donors (Lipinski definition) is 0. The van der Waals surface area contributed by atoms with Gasteiger partial charge >= 0.3 is 5.97 Å². The molecule has 0 spiro atoms. The van der Waals surface area contributed by atoms with Crippen molar-refractivity contribution < 1.29 is 14.3 Å². The zero-order valence-electron chi connectivity index (χ0n) is 12.7. The van der Waals surface area contributed by atoms with Gasteiger partial charge in [0.15, 0.2) is 0 Å². The van der Waals surface area contributed by atoms with Gasteiger partial charge in [0.2, 0.25) is 5.91 Å². The van der Waals surface area contributed by atoms with Gasteiger partial charge in [0.25, 0.3) is 0 Å². The third-order valence-corrected chi connectivity index (χ3v) is 3.94. The summed E-state index contributed by atoms with van der Waals surface area (Å²) in [7, 11) is 1.37. The number of para-hydroxylation sites is 1. The van der Waals surface area contributed by atoms with Gasteiger partial charge in [-0.25, -0.2) is 0 Å². The Balaban J connectivity index is 2.40. The molecule has 1 aromatic rings. The van der Waals surface area contributed by atoms with Gasteiger partial charge in [0.1, 0.15) is 0 Å². The summed E-state index contributed by atoms with van der Waals surface area (Å²) in [4.78, 5) is 26.2. The summed E-state index contributed by atoms with van der Waals surface area (Å²) in [6, 6.07) is 7.74. The number of ether oxygens (including phenoxy) is 1. The van der Waals surface area contributed by atoms with Gasteiger partial charge in [-0.05, 0) is 39.3 Å². The standard InChI is InChI=1S/C16H21NO3/c1-15(2,14(19)20-5)10-17-12-9-7-6-8-11(12)16(3,4)13(17)18/h6-9H,10H2,1-5H3. The molecule has 0 saturated heterocycles. The number of benzene rings is 1. The Kier molecular flexibility index (Phi) is 3.36. The second-order valence-corrected chi connectivity index (χ2v) is 6.41. The van der Waals surface area contributed by atoms with E-state index in [4.69, 9.17) is 4.74 Å². The maximum Gasteiger partial charge on any atom is 0.313 e. The van der Waals surface area contributed by atoms with Crippen LogP contribution in [0.5, 0.6) is 0 Å². The van der Waals surface area contributed by atoms with E-state index < -0.39 is 10.8 Å². The molecule has 4 heteroatoms. The van der Waals surface area contributed by atoms with Crippen LogP contribution in [0.3, 0.4) is 0 Å². The predicted molar refractivity (Wildman–Crippen MR) is 77.6 cm³/mol. The van der Waals surface area contributed by atoms with Crippen LogP contribution in [0.15, 0.2) is 24.3 Å². The molecule has 0 unspecified atom stereocenters. The maximum atomic E-state index is 12.6. The molecule has 0 aliphatic carbocycles. The molecule has 2 rings (SSSR count). The lowest BCUT2D eigenvalue weighted by atomic mass is 9.86. The number of anilines is 1. The molecule has 20 heavy (non-hydrogen) atoms. The van der Waals surface area contributed by atoms with E-state index in [1.807, 2.05) is 38.1 Å². The molecule has 108 valence electrons. The molecule has 1 aliphatic heterocycles. The van der Waals surface area contributed by atoms with E-state index in [1.54, 1.807) is 18.7 Å².